The van der Waals surface area contributed by atoms with Crippen molar-refractivity contribution in [1.82, 2.24) is 19.9 Å². The van der Waals surface area contributed by atoms with E-state index in [4.69, 9.17) is 5.11 Å². The van der Waals surface area contributed by atoms with E-state index in [2.05, 4.69) is 22.1 Å². The van der Waals surface area contributed by atoms with Gasteiger partial charge in [-0.3, -0.25) is 4.68 Å². The predicted molar refractivity (Wildman–Crippen MR) is 84.1 cm³/mol. The van der Waals surface area contributed by atoms with Crippen molar-refractivity contribution < 1.29 is 5.11 Å². The summed E-state index contributed by atoms with van der Waals surface area (Å²) in [5.74, 6) is 0.689. The van der Waals surface area contributed by atoms with Crippen molar-refractivity contribution in [2.75, 3.05) is 26.2 Å². The van der Waals surface area contributed by atoms with Crippen LogP contribution < -0.4 is 0 Å². The topological polar surface area (TPSA) is 54.2 Å². The third kappa shape index (κ3) is 5.75. The number of rotatable bonds is 9. The van der Waals surface area contributed by atoms with E-state index in [1.165, 1.54) is 58.2 Å². The summed E-state index contributed by atoms with van der Waals surface area (Å²) in [6.07, 6.45) is 10.6. The Hall–Kier alpha value is -0.940. The van der Waals surface area contributed by atoms with E-state index in [9.17, 15) is 0 Å². The van der Waals surface area contributed by atoms with Crippen LogP contribution in [0.1, 0.15) is 51.1 Å². The van der Waals surface area contributed by atoms with Crippen molar-refractivity contribution in [2.24, 2.45) is 5.92 Å². The van der Waals surface area contributed by atoms with E-state index in [-0.39, 0.29) is 6.61 Å². The zero-order valence-electron chi connectivity index (χ0n) is 13.4. The molecule has 21 heavy (non-hydrogen) atoms. The van der Waals surface area contributed by atoms with Gasteiger partial charge in [-0.15, -0.1) is 5.10 Å². The first-order valence-electron chi connectivity index (χ1n) is 8.54. The van der Waals surface area contributed by atoms with Gasteiger partial charge < -0.3 is 10.0 Å². The summed E-state index contributed by atoms with van der Waals surface area (Å²) in [6, 6.07) is 0. The number of aromatic nitrogens is 3. The van der Waals surface area contributed by atoms with Crippen molar-refractivity contribution in [3.8, 4) is 0 Å². The lowest BCUT2D eigenvalue weighted by Crippen LogP contribution is -2.37. The van der Waals surface area contributed by atoms with Crippen LogP contribution in [0.15, 0.2) is 6.20 Å². The maximum Gasteiger partial charge on any atom is 0.0849 e. The van der Waals surface area contributed by atoms with E-state index in [0.29, 0.717) is 12.3 Å². The number of likely N-dealkylation sites (tertiary alicyclic amines) is 1. The van der Waals surface area contributed by atoms with Gasteiger partial charge in [0.1, 0.15) is 0 Å². The molecule has 120 valence electrons. The first-order chi connectivity index (χ1) is 10.3. The molecule has 1 aromatic rings. The summed E-state index contributed by atoms with van der Waals surface area (Å²) >= 11 is 0. The second kappa shape index (κ2) is 9.15. The van der Waals surface area contributed by atoms with Gasteiger partial charge in [0.2, 0.25) is 0 Å². The van der Waals surface area contributed by atoms with Gasteiger partial charge in [-0.2, -0.15) is 0 Å². The zero-order chi connectivity index (χ0) is 14.9. The molecule has 1 aromatic heterocycles. The minimum atomic E-state index is 0.146. The molecule has 0 unspecified atom stereocenters. The fraction of sp³-hybridized carbons (Fsp3) is 0.875. The Labute approximate surface area is 128 Å². The summed E-state index contributed by atoms with van der Waals surface area (Å²) in [4.78, 5) is 2.62. The molecule has 1 saturated heterocycles. The Morgan fingerprint density at radius 1 is 1.33 bits per heavy atom. The third-order valence-electron chi connectivity index (χ3n) is 4.33. The average molecular weight is 294 g/mol. The zero-order valence-corrected chi connectivity index (χ0v) is 13.4. The maximum atomic E-state index is 8.92. The monoisotopic (exact) mass is 294 g/mol. The molecule has 0 radical (unpaired) electrons. The Kier molecular flexibility index (Phi) is 7.16. The molecule has 2 heterocycles. The fourth-order valence-corrected chi connectivity index (χ4v) is 3.19. The highest BCUT2D eigenvalue weighted by atomic mass is 16.3. The van der Waals surface area contributed by atoms with E-state index < -0.39 is 0 Å². The van der Waals surface area contributed by atoms with Crippen LogP contribution in [0.3, 0.4) is 0 Å². The summed E-state index contributed by atoms with van der Waals surface area (Å²) in [5.41, 5.74) is 0.893. The Morgan fingerprint density at radius 2 is 2.24 bits per heavy atom. The van der Waals surface area contributed by atoms with Gasteiger partial charge in [0, 0.05) is 32.3 Å². The van der Waals surface area contributed by atoms with Crippen LogP contribution in [0.5, 0.6) is 0 Å². The molecule has 0 saturated carbocycles. The van der Waals surface area contributed by atoms with Crippen molar-refractivity contribution in [1.29, 1.82) is 0 Å². The molecule has 1 fully saturated rings. The molecule has 0 aromatic carbocycles. The van der Waals surface area contributed by atoms with Crippen molar-refractivity contribution in [2.45, 2.75) is 58.4 Å². The minimum absolute atomic E-state index is 0.146. The first kappa shape index (κ1) is 16.4. The largest absolute Gasteiger partial charge is 0.396 e. The lowest BCUT2D eigenvalue weighted by atomic mass is 9.97. The number of nitrogens with zero attached hydrogens (tertiary/aromatic N) is 4. The minimum Gasteiger partial charge on any atom is -0.396 e. The van der Waals surface area contributed by atoms with Gasteiger partial charge in [-0.25, -0.2) is 0 Å². The molecule has 5 heteroatoms. The third-order valence-corrected chi connectivity index (χ3v) is 4.33. The van der Waals surface area contributed by atoms with Gasteiger partial charge in [-0.05, 0) is 38.3 Å². The van der Waals surface area contributed by atoms with Gasteiger partial charge in [0.25, 0.3) is 0 Å². The number of aliphatic hydroxyl groups excluding tert-OH is 1. The summed E-state index contributed by atoms with van der Waals surface area (Å²) in [6.45, 7) is 7.08. The normalized spacial score (nSPS) is 20.0. The molecule has 1 aliphatic heterocycles. The van der Waals surface area contributed by atoms with Crippen LogP contribution in [-0.2, 0) is 13.0 Å². The molecule has 0 bridgehead atoms. The second-order valence-corrected chi connectivity index (χ2v) is 6.28. The number of aliphatic hydroxyl groups is 1. The Morgan fingerprint density at radius 3 is 3.05 bits per heavy atom. The van der Waals surface area contributed by atoms with Gasteiger partial charge in [-0.1, -0.05) is 31.4 Å². The Bertz CT molecular complexity index is 393. The molecular weight excluding hydrogens is 264 g/mol. The fourth-order valence-electron chi connectivity index (χ4n) is 3.19. The first-order valence-corrected chi connectivity index (χ1v) is 8.54. The van der Waals surface area contributed by atoms with E-state index in [0.717, 1.165) is 12.2 Å². The molecular formula is C16H30N4O. The predicted octanol–water partition coefficient (Wildman–Crippen LogP) is 2.11. The highest BCUT2D eigenvalue weighted by molar-refractivity contribution is 4.92. The highest BCUT2D eigenvalue weighted by Crippen LogP contribution is 2.18. The van der Waals surface area contributed by atoms with E-state index in [1.807, 2.05) is 10.9 Å². The van der Waals surface area contributed by atoms with Crippen LogP contribution >= 0.6 is 0 Å². The highest BCUT2D eigenvalue weighted by Gasteiger charge is 2.20. The molecule has 2 rings (SSSR count). The smallest absolute Gasteiger partial charge is 0.0849 e. The lowest BCUT2D eigenvalue weighted by molar-refractivity contribution is 0.157. The van der Waals surface area contributed by atoms with Crippen LogP contribution in [0.25, 0.3) is 0 Å². The standard InChI is InChI=1S/C16H30N4O/c1-2-3-4-5-9-19-10-6-7-15(12-19)13-20-14-16(8-11-21)17-18-20/h14-15,21H,2-13H2,1H3/t15-/m1/s1. The Balaban J connectivity index is 1.72. The number of piperidine rings is 1. The molecule has 1 aliphatic rings. The molecule has 0 amide bonds. The number of hydrogen-bond acceptors (Lipinski definition) is 4. The molecule has 0 spiro atoms. The number of hydrogen-bond donors (Lipinski definition) is 1. The van der Waals surface area contributed by atoms with Gasteiger partial charge >= 0.3 is 0 Å². The van der Waals surface area contributed by atoms with Crippen LogP contribution in [0, 0.1) is 5.92 Å². The molecule has 1 N–H and O–H groups in total. The summed E-state index contributed by atoms with van der Waals surface area (Å²) in [5, 5.41) is 17.2. The SMILES string of the molecule is CCCCCCN1CCC[C@@H](Cn2cc(CCO)nn2)C1. The summed E-state index contributed by atoms with van der Waals surface area (Å²) < 4.78 is 1.95. The second-order valence-electron chi connectivity index (χ2n) is 6.28. The number of unbranched alkanes of at least 4 members (excludes halogenated alkanes) is 3. The lowest BCUT2D eigenvalue weighted by Gasteiger charge is -2.32. The van der Waals surface area contributed by atoms with Crippen LogP contribution in [0.4, 0.5) is 0 Å². The molecule has 1 atom stereocenters. The van der Waals surface area contributed by atoms with Crippen LogP contribution in [0.2, 0.25) is 0 Å². The van der Waals surface area contributed by atoms with Gasteiger partial charge in [0.05, 0.1) is 5.69 Å². The van der Waals surface area contributed by atoms with E-state index >= 15 is 0 Å². The van der Waals surface area contributed by atoms with Crippen molar-refractivity contribution >= 4 is 0 Å². The van der Waals surface area contributed by atoms with Crippen molar-refractivity contribution in [3.63, 3.8) is 0 Å². The van der Waals surface area contributed by atoms with Crippen LogP contribution in [-0.4, -0.2) is 51.2 Å². The molecule has 5 nitrogen and oxygen atoms in total. The van der Waals surface area contributed by atoms with E-state index in [1.54, 1.807) is 0 Å². The molecule has 0 aliphatic carbocycles. The quantitative estimate of drug-likeness (QED) is 0.709. The average Bonchev–Trinajstić information content (AvgIpc) is 2.92. The summed E-state index contributed by atoms with van der Waals surface area (Å²) in [7, 11) is 0. The van der Waals surface area contributed by atoms with Crippen molar-refractivity contribution in [3.05, 3.63) is 11.9 Å². The van der Waals surface area contributed by atoms with Gasteiger partial charge in [0.15, 0.2) is 0 Å². The maximum absolute atomic E-state index is 8.92.